The van der Waals surface area contributed by atoms with Crippen molar-refractivity contribution in [3.05, 3.63) is 41.1 Å². The van der Waals surface area contributed by atoms with Crippen LogP contribution in [-0.2, 0) is 19.4 Å². The van der Waals surface area contributed by atoms with Gasteiger partial charge in [-0.25, -0.2) is 0 Å². The normalized spacial score (nSPS) is 11.1. The summed E-state index contributed by atoms with van der Waals surface area (Å²) in [6.45, 7) is 9.01. The maximum Gasteiger partial charge on any atom is 0.235 e. The van der Waals surface area contributed by atoms with Gasteiger partial charge in [0.25, 0.3) is 0 Å². The Morgan fingerprint density at radius 1 is 1.10 bits per heavy atom. The smallest absolute Gasteiger partial charge is 0.235 e. The quantitative estimate of drug-likeness (QED) is 0.866. The second-order valence-corrected chi connectivity index (χ2v) is 5.20. The molecule has 0 unspecified atom stereocenters. The van der Waals surface area contributed by atoms with Crippen molar-refractivity contribution < 1.29 is 4.42 Å². The molecule has 0 amide bonds. The lowest BCUT2D eigenvalue weighted by Gasteiger charge is -2.14. The molecule has 2 rings (SSSR count). The molecule has 0 fully saturated rings. The average Bonchev–Trinajstić information content (AvgIpc) is 2.93. The summed E-state index contributed by atoms with van der Waals surface area (Å²) in [5.41, 5.74) is 3.86. The lowest BCUT2D eigenvalue weighted by Crippen LogP contribution is -2.05. The predicted molar refractivity (Wildman–Crippen MR) is 80.9 cm³/mol. The van der Waals surface area contributed by atoms with Gasteiger partial charge in [-0.2, -0.15) is 0 Å². The van der Waals surface area contributed by atoms with E-state index in [1.807, 2.05) is 13.8 Å². The Morgan fingerprint density at radius 2 is 1.75 bits per heavy atom. The third kappa shape index (κ3) is 3.18. The number of nitrogens with zero attached hydrogens (tertiary/aromatic N) is 2. The molecule has 4 heteroatoms. The average molecular weight is 273 g/mol. The molecule has 1 N–H and O–H groups in total. The first-order valence-electron chi connectivity index (χ1n) is 7.32. The number of rotatable bonds is 6. The number of aryl methyl sites for hydroxylation is 2. The molecule has 1 aromatic carbocycles. The minimum Gasteiger partial charge on any atom is -0.423 e. The third-order valence-electron chi connectivity index (χ3n) is 3.39. The monoisotopic (exact) mass is 273 g/mol. The maximum absolute atomic E-state index is 5.63. The number of nitrogens with one attached hydrogen (secondary N) is 1. The molecular weight excluding hydrogens is 250 g/mol. The van der Waals surface area contributed by atoms with Crippen LogP contribution >= 0.6 is 0 Å². The summed E-state index contributed by atoms with van der Waals surface area (Å²) in [5.74, 6) is 1.60. The molecule has 0 saturated heterocycles. The van der Waals surface area contributed by atoms with E-state index >= 15 is 0 Å². The van der Waals surface area contributed by atoms with Crippen LogP contribution in [0.2, 0.25) is 0 Å². The first kappa shape index (κ1) is 14.6. The van der Waals surface area contributed by atoms with Gasteiger partial charge in [0, 0.05) is 11.6 Å². The molecule has 108 valence electrons. The summed E-state index contributed by atoms with van der Waals surface area (Å²) in [6.07, 6.45) is 2.02. The van der Waals surface area contributed by atoms with E-state index in [9.17, 15) is 0 Å². The van der Waals surface area contributed by atoms with Crippen molar-refractivity contribution in [1.82, 2.24) is 10.2 Å². The fourth-order valence-electron chi connectivity index (χ4n) is 2.20. The summed E-state index contributed by atoms with van der Waals surface area (Å²) in [4.78, 5) is 0. The summed E-state index contributed by atoms with van der Waals surface area (Å²) in [7, 11) is 0. The van der Waals surface area contributed by atoms with Crippen LogP contribution in [0.5, 0.6) is 0 Å². The molecule has 0 bridgehead atoms. The Kier molecular flexibility index (Phi) is 4.77. The zero-order chi connectivity index (χ0) is 14.5. The van der Waals surface area contributed by atoms with Crippen molar-refractivity contribution in [3.8, 4) is 0 Å². The SMILES string of the molecule is CCc1cccc(CC)c1NCc1nnc(C(C)C)o1. The molecule has 20 heavy (non-hydrogen) atoms. The lowest BCUT2D eigenvalue weighted by atomic mass is 10.0. The number of para-hydroxylation sites is 1. The highest BCUT2D eigenvalue weighted by Gasteiger charge is 2.11. The van der Waals surface area contributed by atoms with Gasteiger partial charge < -0.3 is 9.73 Å². The molecule has 4 nitrogen and oxygen atoms in total. The Bertz CT molecular complexity index is 538. The van der Waals surface area contributed by atoms with E-state index in [-0.39, 0.29) is 5.92 Å². The number of hydrogen-bond donors (Lipinski definition) is 1. The topological polar surface area (TPSA) is 51.0 Å². The molecule has 0 radical (unpaired) electrons. The lowest BCUT2D eigenvalue weighted by molar-refractivity contribution is 0.437. The fraction of sp³-hybridized carbons (Fsp3) is 0.500. The van der Waals surface area contributed by atoms with Crippen molar-refractivity contribution in [2.24, 2.45) is 0 Å². The van der Waals surface area contributed by atoms with E-state index in [4.69, 9.17) is 4.42 Å². The fourth-order valence-corrected chi connectivity index (χ4v) is 2.20. The first-order valence-corrected chi connectivity index (χ1v) is 7.32. The van der Waals surface area contributed by atoms with Gasteiger partial charge in [0.05, 0.1) is 6.54 Å². The first-order chi connectivity index (χ1) is 9.65. The minimum absolute atomic E-state index is 0.269. The summed E-state index contributed by atoms with van der Waals surface area (Å²) >= 11 is 0. The van der Waals surface area contributed by atoms with Crippen LogP contribution in [0, 0.1) is 0 Å². The predicted octanol–water partition coefficient (Wildman–Crippen LogP) is 3.93. The van der Waals surface area contributed by atoms with Gasteiger partial charge in [0.2, 0.25) is 11.8 Å². The van der Waals surface area contributed by atoms with Gasteiger partial charge in [0.1, 0.15) is 0 Å². The summed E-state index contributed by atoms with van der Waals surface area (Å²) in [5, 5.41) is 11.6. The number of anilines is 1. The van der Waals surface area contributed by atoms with Gasteiger partial charge in [-0.15, -0.1) is 10.2 Å². The Labute approximate surface area is 120 Å². The van der Waals surface area contributed by atoms with Crippen molar-refractivity contribution in [1.29, 1.82) is 0 Å². The van der Waals surface area contributed by atoms with Crippen LogP contribution in [0.25, 0.3) is 0 Å². The summed E-state index contributed by atoms with van der Waals surface area (Å²) < 4.78 is 5.63. The highest BCUT2D eigenvalue weighted by atomic mass is 16.4. The van der Waals surface area contributed by atoms with Crippen molar-refractivity contribution in [2.75, 3.05) is 5.32 Å². The Balaban J connectivity index is 2.13. The van der Waals surface area contributed by atoms with Crippen LogP contribution in [0.3, 0.4) is 0 Å². The van der Waals surface area contributed by atoms with E-state index in [1.165, 1.54) is 16.8 Å². The van der Waals surface area contributed by atoms with Gasteiger partial charge in [0.15, 0.2) is 0 Å². The van der Waals surface area contributed by atoms with Crippen molar-refractivity contribution in [3.63, 3.8) is 0 Å². The molecule has 0 saturated carbocycles. The number of hydrogen-bond acceptors (Lipinski definition) is 4. The van der Waals surface area contributed by atoms with E-state index in [2.05, 4.69) is 47.6 Å². The molecule has 0 aliphatic carbocycles. The van der Waals surface area contributed by atoms with Crippen LogP contribution in [0.15, 0.2) is 22.6 Å². The second-order valence-electron chi connectivity index (χ2n) is 5.20. The van der Waals surface area contributed by atoms with E-state index in [0.29, 0.717) is 18.3 Å². The highest BCUT2D eigenvalue weighted by molar-refractivity contribution is 5.57. The summed E-state index contributed by atoms with van der Waals surface area (Å²) in [6, 6.07) is 6.44. The zero-order valence-electron chi connectivity index (χ0n) is 12.7. The van der Waals surface area contributed by atoms with Gasteiger partial charge in [-0.3, -0.25) is 0 Å². The Hall–Kier alpha value is -1.84. The van der Waals surface area contributed by atoms with Crippen LogP contribution in [0.1, 0.15) is 56.5 Å². The zero-order valence-corrected chi connectivity index (χ0v) is 12.7. The van der Waals surface area contributed by atoms with E-state index in [1.54, 1.807) is 0 Å². The van der Waals surface area contributed by atoms with E-state index in [0.717, 1.165) is 12.8 Å². The number of benzene rings is 1. The molecule has 0 aliphatic rings. The molecule has 0 aliphatic heterocycles. The molecular formula is C16H23N3O. The van der Waals surface area contributed by atoms with E-state index < -0.39 is 0 Å². The molecule has 1 heterocycles. The van der Waals surface area contributed by atoms with Crippen LogP contribution < -0.4 is 5.32 Å². The second kappa shape index (κ2) is 6.55. The Morgan fingerprint density at radius 3 is 2.25 bits per heavy atom. The highest BCUT2D eigenvalue weighted by Crippen LogP contribution is 2.23. The van der Waals surface area contributed by atoms with Gasteiger partial charge in [-0.1, -0.05) is 45.9 Å². The third-order valence-corrected chi connectivity index (χ3v) is 3.39. The molecule has 0 spiro atoms. The minimum atomic E-state index is 0.269. The molecule has 1 aromatic heterocycles. The standard InChI is InChI=1S/C16H23N3O/c1-5-12-8-7-9-13(6-2)15(12)17-10-14-18-19-16(20-14)11(3)4/h7-9,11,17H,5-6,10H2,1-4H3. The van der Waals surface area contributed by atoms with Crippen molar-refractivity contribution >= 4 is 5.69 Å². The molecule has 2 aromatic rings. The van der Waals surface area contributed by atoms with Crippen molar-refractivity contribution in [2.45, 2.75) is 53.0 Å². The largest absolute Gasteiger partial charge is 0.423 e. The molecule has 0 atom stereocenters. The number of aromatic nitrogens is 2. The van der Waals surface area contributed by atoms with Crippen LogP contribution in [-0.4, -0.2) is 10.2 Å². The van der Waals surface area contributed by atoms with Crippen LogP contribution in [0.4, 0.5) is 5.69 Å². The maximum atomic E-state index is 5.63. The van der Waals surface area contributed by atoms with Gasteiger partial charge in [-0.05, 0) is 24.0 Å². The van der Waals surface area contributed by atoms with Gasteiger partial charge >= 0.3 is 0 Å².